The Hall–Kier alpha value is -4.33. The summed E-state index contributed by atoms with van der Waals surface area (Å²) < 4.78 is 20.8. The maximum Gasteiger partial charge on any atom is 0.337 e. The second-order valence-electron chi connectivity index (χ2n) is 7.80. The molecule has 0 heterocycles. The number of amides is 1. The molecule has 0 unspecified atom stereocenters. The Kier molecular flexibility index (Phi) is 8.09. The lowest BCUT2D eigenvalue weighted by molar-refractivity contribution is 0.0599. The van der Waals surface area contributed by atoms with E-state index in [0.717, 1.165) is 5.56 Å². The van der Waals surface area contributed by atoms with E-state index in [0.29, 0.717) is 22.6 Å². The minimum atomic E-state index is -0.651. The average molecular weight is 478 g/mol. The number of hydrogen-bond donors (Lipinski definition) is 1. The van der Waals surface area contributed by atoms with Gasteiger partial charge in [0.15, 0.2) is 0 Å². The van der Waals surface area contributed by atoms with Crippen molar-refractivity contribution in [2.45, 2.75) is 20.5 Å². The lowest BCUT2D eigenvalue weighted by Crippen LogP contribution is -2.15. The van der Waals surface area contributed by atoms with Crippen LogP contribution < -0.4 is 14.8 Å². The van der Waals surface area contributed by atoms with E-state index in [1.54, 1.807) is 25.3 Å². The highest BCUT2D eigenvalue weighted by atomic mass is 16.5. The maximum atomic E-state index is 13.0. The number of anilines is 1. The van der Waals surface area contributed by atoms with Crippen molar-refractivity contribution in [3.05, 3.63) is 88.0 Å². The van der Waals surface area contributed by atoms with E-state index in [9.17, 15) is 14.4 Å². The molecule has 8 nitrogen and oxygen atoms in total. The molecule has 0 aromatic heterocycles. The van der Waals surface area contributed by atoms with E-state index in [2.05, 4.69) is 5.32 Å². The van der Waals surface area contributed by atoms with Gasteiger partial charge in [-0.25, -0.2) is 9.59 Å². The Balaban J connectivity index is 1.84. The topological polar surface area (TPSA) is 100 Å². The number of nitrogens with one attached hydrogen (secondary N) is 1. The molecule has 0 aliphatic rings. The van der Waals surface area contributed by atoms with Crippen LogP contribution in [-0.2, 0) is 16.1 Å². The molecule has 182 valence electrons. The van der Waals surface area contributed by atoms with Gasteiger partial charge in [-0.15, -0.1) is 0 Å². The molecule has 0 fully saturated rings. The fraction of sp³-hybridized carbons (Fsp3) is 0.222. The summed E-state index contributed by atoms with van der Waals surface area (Å²) in [6.07, 6.45) is 0. The molecule has 1 amide bonds. The van der Waals surface area contributed by atoms with E-state index in [-0.39, 0.29) is 23.4 Å². The van der Waals surface area contributed by atoms with Crippen molar-refractivity contribution < 1.29 is 33.3 Å². The Morgan fingerprint density at radius 1 is 0.743 bits per heavy atom. The fourth-order valence-electron chi connectivity index (χ4n) is 3.37. The summed E-state index contributed by atoms with van der Waals surface area (Å²) in [5.41, 5.74) is 3.74. The van der Waals surface area contributed by atoms with Gasteiger partial charge in [0.2, 0.25) is 0 Å². The van der Waals surface area contributed by atoms with E-state index < -0.39 is 17.8 Å². The van der Waals surface area contributed by atoms with E-state index in [4.69, 9.17) is 18.9 Å². The number of methoxy groups -OCH3 is 3. The number of carbonyl (C=O) groups is 3. The monoisotopic (exact) mass is 477 g/mol. The first kappa shape index (κ1) is 25.3. The molecule has 0 saturated carbocycles. The molecule has 0 atom stereocenters. The van der Waals surface area contributed by atoms with E-state index >= 15 is 0 Å². The number of ether oxygens (including phenoxy) is 4. The first-order chi connectivity index (χ1) is 16.7. The van der Waals surface area contributed by atoms with Crippen LogP contribution in [0.25, 0.3) is 0 Å². The highest BCUT2D eigenvalue weighted by Crippen LogP contribution is 2.25. The fourth-order valence-corrected chi connectivity index (χ4v) is 3.37. The summed E-state index contributed by atoms with van der Waals surface area (Å²) in [5, 5.41) is 2.71. The molecule has 0 aliphatic carbocycles. The molecule has 0 saturated heterocycles. The largest absolute Gasteiger partial charge is 0.496 e. The minimum Gasteiger partial charge on any atom is -0.496 e. The van der Waals surface area contributed by atoms with Gasteiger partial charge in [0.1, 0.15) is 18.1 Å². The number of hydrogen-bond acceptors (Lipinski definition) is 7. The highest BCUT2D eigenvalue weighted by Gasteiger charge is 2.17. The Bertz CT molecular complexity index is 1230. The second-order valence-corrected chi connectivity index (χ2v) is 7.80. The van der Waals surface area contributed by atoms with Gasteiger partial charge in [-0.05, 0) is 73.5 Å². The van der Waals surface area contributed by atoms with Crippen molar-refractivity contribution in [1.82, 2.24) is 0 Å². The maximum absolute atomic E-state index is 13.0. The van der Waals surface area contributed by atoms with Crippen molar-refractivity contribution in [1.29, 1.82) is 0 Å². The van der Waals surface area contributed by atoms with Crippen LogP contribution in [0.1, 0.15) is 47.8 Å². The van der Waals surface area contributed by atoms with Crippen LogP contribution in [0, 0.1) is 13.8 Å². The molecule has 3 rings (SSSR count). The Labute approximate surface area is 203 Å². The lowest BCUT2D eigenvalue weighted by atomic mass is 10.1. The van der Waals surface area contributed by atoms with Crippen molar-refractivity contribution in [2.75, 3.05) is 26.6 Å². The van der Waals surface area contributed by atoms with Crippen LogP contribution in [0.5, 0.6) is 11.5 Å². The van der Waals surface area contributed by atoms with Crippen molar-refractivity contribution in [3.8, 4) is 11.5 Å². The molecule has 1 N–H and O–H groups in total. The predicted octanol–water partition coefficient (Wildman–Crippen LogP) is 4.72. The third kappa shape index (κ3) is 6.17. The van der Waals surface area contributed by atoms with Gasteiger partial charge < -0.3 is 24.3 Å². The summed E-state index contributed by atoms with van der Waals surface area (Å²) in [4.78, 5) is 37.0. The molecule has 0 aliphatic heterocycles. The molecule has 0 radical (unpaired) electrons. The molecule has 3 aromatic rings. The van der Waals surface area contributed by atoms with Gasteiger partial charge in [0.05, 0.1) is 32.5 Å². The average Bonchev–Trinajstić information content (AvgIpc) is 2.87. The summed E-state index contributed by atoms with van der Waals surface area (Å²) >= 11 is 0. The smallest absolute Gasteiger partial charge is 0.337 e. The molecule has 3 aromatic carbocycles. The molecular weight excluding hydrogens is 450 g/mol. The molecule has 8 heteroatoms. The van der Waals surface area contributed by atoms with Gasteiger partial charge in [-0.1, -0.05) is 6.07 Å². The number of rotatable bonds is 8. The normalized spacial score (nSPS) is 10.3. The number of benzene rings is 3. The summed E-state index contributed by atoms with van der Waals surface area (Å²) in [6, 6.07) is 15.0. The third-order valence-electron chi connectivity index (χ3n) is 5.45. The number of carbonyl (C=O) groups excluding carboxylic acids is 3. The van der Waals surface area contributed by atoms with Crippen molar-refractivity contribution >= 4 is 23.5 Å². The summed E-state index contributed by atoms with van der Waals surface area (Å²) in [5.74, 6) is -0.466. The lowest BCUT2D eigenvalue weighted by Gasteiger charge is -2.14. The van der Waals surface area contributed by atoms with E-state index in [1.165, 1.54) is 38.0 Å². The highest BCUT2D eigenvalue weighted by molar-refractivity contribution is 6.06. The zero-order valence-corrected chi connectivity index (χ0v) is 20.3. The molecular formula is C27H27NO7. The number of aryl methyl sites for hydroxylation is 2. The van der Waals surface area contributed by atoms with Crippen LogP contribution in [0.2, 0.25) is 0 Å². The van der Waals surface area contributed by atoms with Crippen LogP contribution in [0.3, 0.4) is 0 Å². The molecule has 35 heavy (non-hydrogen) atoms. The van der Waals surface area contributed by atoms with Crippen LogP contribution >= 0.6 is 0 Å². The van der Waals surface area contributed by atoms with Gasteiger partial charge >= 0.3 is 11.9 Å². The van der Waals surface area contributed by atoms with Gasteiger partial charge in [-0.3, -0.25) is 4.79 Å². The van der Waals surface area contributed by atoms with Crippen LogP contribution in [-0.4, -0.2) is 39.2 Å². The van der Waals surface area contributed by atoms with E-state index in [1.807, 2.05) is 32.0 Å². The standard InChI is InChI=1S/C27H27NO7/c1-16-6-8-23(10-17(16)2)35-15-21-11-18(7-9-24(21)32-3)25(29)28-22-13-19(26(30)33-4)12-20(14-22)27(31)34-5/h6-14H,15H2,1-5H3,(H,28,29). The van der Waals surface area contributed by atoms with Crippen LogP contribution in [0.15, 0.2) is 54.6 Å². The van der Waals surface area contributed by atoms with Crippen molar-refractivity contribution in [2.24, 2.45) is 0 Å². The molecule has 0 spiro atoms. The Morgan fingerprint density at radius 2 is 1.40 bits per heavy atom. The van der Waals surface area contributed by atoms with Crippen LogP contribution in [0.4, 0.5) is 5.69 Å². The first-order valence-electron chi connectivity index (χ1n) is 10.8. The minimum absolute atomic E-state index is 0.0999. The molecule has 0 bridgehead atoms. The first-order valence-corrected chi connectivity index (χ1v) is 10.8. The third-order valence-corrected chi connectivity index (χ3v) is 5.45. The van der Waals surface area contributed by atoms with Gasteiger partial charge in [0, 0.05) is 16.8 Å². The predicted molar refractivity (Wildman–Crippen MR) is 130 cm³/mol. The second kappa shape index (κ2) is 11.2. The SMILES string of the molecule is COC(=O)c1cc(NC(=O)c2ccc(OC)c(COc3ccc(C)c(C)c3)c2)cc(C(=O)OC)c1. The summed E-state index contributed by atoms with van der Waals surface area (Å²) in [7, 11) is 4.00. The quantitative estimate of drug-likeness (QED) is 0.469. The van der Waals surface area contributed by atoms with Gasteiger partial charge in [0.25, 0.3) is 5.91 Å². The zero-order valence-electron chi connectivity index (χ0n) is 20.3. The summed E-state index contributed by atoms with van der Waals surface area (Å²) in [6.45, 7) is 4.23. The number of esters is 2. The Morgan fingerprint density at radius 3 is 1.97 bits per heavy atom. The van der Waals surface area contributed by atoms with Crippen molar-refractivity contribution in [3.63, 3.8) is 0 Å². The van der Waals surface area contributed by atoms with Gasteiger partial charge in [-0.2, -0.15) is 0 Å². The zero-order chi connectivity index (χ0) is 25.5.